The Balaban J connectivity index is 2.42. The molecule has 1 aromatic rings. The summed E-state index contributed by atoms with van der Waals surface area (Å²) in [6.07, 6.45) is 2.69. The fourth-order valence-electron chi connectivity index (χ4n) is 0.694. The molecule has 0 unspecified atom stereocenters. The van der Waals surface area contributed by atoms with Gasteiger partial charge in [0.2, 0.25) is 0 Å². The molecular weight excluding hydrogens is 243 g/mol. The number of rotatable bonds is 3. The Morgan fingerprint density at radius 1 is 1.70 bits per heavy atom. The molecular formula is C6H9IN2O. The number of hydrogen-bond donors (Lipinski definition) is 1. The van der Waals surface area contributed by atoms with Crippen molar-refractivity contribution in [3.05, 3.63) is 16.0 Å². The van der Waals surface area contributed by atoms with E-state index in [1.54, 1.807) is 0 Å². The second kappa shape index (κ2) is 3.92. The van der Waals surface area contributed by atoms with Crippen LogP contribution in [0.3, 0.4) is 0 Å². The van der Waals surface area contributed by atoms with Crippen molar-refractivity contribution in [2.45, 2.75) is 13.0 Å². The zero-order valence-electron chi connectivity index (χ0n) is 5.50. The highest BCUT2D eigenvalue weighted by molar-refractivity contribution is 14.1. The second-order valence-electron chi connectivity index (χ2n) is 1.98. The average Bonchev–Trinajstić information content (AvgIpc) is 2.31. The molecule has 56 valence electrons. The van der Waals surface area contributed by atoms with Gasteiger partial charge in [0.05, 0.1) is 0 Å². The topological polar surface area (TPSA) is 38.0 Å². The molecule has 1 N–H and O–H groups in total. The number of aliphatic hydroxyl groups excluding tert-OH is 1. The van der Waals surface area contributed by atoms with E-state index in [1.165, 1.54) is 0 Å². The van der Waals surface area contributed by atoms with Crippen LogP contribution in [-0.2, 0) is 6.54 Å². The van der Waals surface area contributed by atoms with Gasteiger partial charge in [0, 0.05) is 19.3 Å². The highest BCUT2D eigenvalue weighted by atomic mass is 127. The van der Waals surface area contributed by atoms with E-state index >= 15 is 0 Å². The SMILES string of the molecule is OCCCn1ccc(I)n1. The normalized spacial score (nSPS) is 10.2. The van der Waals surface area contributed by atoms with Crippen molar-refractivity contribution >= 4 is 22.6 Å². The van der Waals surface area contributed by atoms with Gasteiger partial charge in [0.25, 0.3) is 0 Å². The van der Waals surface area contributed by atoms with Crippen LogP contribution >= 0.6 is 22.6 Å². The minimum Gasteiger partial charge on any atom is -0.396 e. The molecule has 1 aromatic heterocycles. The molecule has 0 spiro atoms. The molecule has 1 heterocycles. The fraction of sp³-hybridized carbons (Fsp3) is 0.500. The molecule has 0 aliphatic heterocycles. The molecule has 0 radical (unpaired) electrons. The number of aryl methyl sites for hydroxylation is 1. The monoisotopic (exact) mass is 252 g/mol. The van der Waals surface area contributed by atoms with E-state index in [4.69, 9.17) is 5.11 Å². The quantitative estimate of drug-likeness (QED) is 0.810. The van der Waals surface area contributed by atoms with Crippen LogP contribution in [0.15, 0.2) is 12.3 Å². The largest absolute Gasteiger partial charge is 0.396 e. The Hall–Kier alpha value is -0.100. The Kier molecular flexibility index (Phi) is 3.14. The van der Waals surface area contributed by atoms with Crippen LogP contribution in [0.4, 0.5) is 0 Å². The zero-order valence-corrected chi connectivity index (χ0v) is 7.65. The molecule has 0 bridgehead atoms. The van der Waals surface area contributed by atoms with Gasteiger partial charge in [-0.15, -0.1) is 0 Å². The van der Waals surface area contributed by atoms with Gasteiger partial charge in [-0.3, -0.25) is 4.68 Å². The summed E-state index contributed by atoms with van der Waals surface area (Å²) >= 11 is 2.16. The Morgan fingerprint density at radius 2 is 2.50 bits per heavy atom. The van der Waals surface area contributed by atoms with Gasteiger partial charge in [0.1, 0.15) is 3.70 Å². The first kappa shape index (κ1) is 8.00. The van der Waals surface area contributed by atoms with Crippen molar-refractivity contribution in [3.8, 4) is 0 Å². The van der Waals surface area contributed by atoms with Crippen LogP contribution < -0.4 is 0 Å². The lowest BCUT2D eigenvalue weighted by atomic mass is 10.5. The molecule has 0 atom stereocenters. The molecule has 10 heavy (non-hydrogen) atoms. The number of aliphatic hydroxyl groups is 1. The predicted molar refractivity (Wildman–Crippen MR) is 46.6 cm³/mol. The molecule has 1 rings (SSSR count). The van der Waals surface area contributed by atoms with E-state index in [-0.39, 0.29) is 6.61 Å². The highest BCUT2D eigenvalue weighted by Gasteiger charge is 1.92. The van der Waals surface area contributed by atoms with E-state index in [0.717, 1.165) is 16.7 Å². The average molecular weight is 252 g/mol. The number of nitrogens with zero attached hydrogens (tertiary/aromatic N) is 2. The maximum atomic E-state index is 8.49. The van der Waals surface area contributed by atoms with Gasteiger partial charge < -0.3 is 5.11 Å². The van der Waals surface area contributed by atoms with Crippen molar-refractivity contribution in [2.24, 2.45) is 0 Å². The first-order valence-corrected chi connectivity index (χ1v) is 4.20. The lowest BCUT2D eigenvalue weighted by Gasteiger charge is -1.96. The van der Waals surface area contributed by atoms with Crippen molar-refractivity contribution in [1.82, 2.24) is 9.78 Å². The minimum atomic E-state index is 0.233. The molecule has 0 aliphatic rings. The number of hydrogen-bond acceptors (Lipinski definition) is 2. The van der Waals surface area contributed by atoms with E-state index in [1.807, 2.05) is 16.9 Å². The molecule has 4 heteroatoms. The van der Waals surface area contributed by atoms with Crippen LogP contribution in [0.5, 0.6) is 0 Å². The maximum Gasteiger partial charge on any atom is 0.123 e. The summed E-state index contributed by atoms with van der Waals surface area (Å²) in [5.41, 5.74) is 0. The zero-order chi connectivity index (χ0) is 7.40. The maximum absolute atomic E-state index is 8.49. The lowest BCUT2D eigenvalue weighted by molar-refractivity contribution is 0.277. The van der Waals surface area contributed by atoms with Crippen molar-refractivity contribution < 1.29 is 5.11 Å². The Bertz CT molecular complexity index is 199. The molecule has 0 aliphatic carbocycles. The number of halogens is 1. The highest BCUT2D eigenvalue weighted by Crippen LogP contribution is 1.99. The summed E-state index contributed by atoms with van der Waals surface area (Å²) in [4.78, 5) is 0. The first-order chi connectivity index (χ1) is 4.83. The van der Waals surface area contributed by atoms with Gasteiger partial charge in [-0.25, -0.2) is 0 Å². The third kappa shape index (κ3) is 2.26. The molecule has 0 saturated carbocycles. The third-order valence-electron chi connectivity index (χ3n) is 1.15. The third-order valence-corrected chi connectivity index (χ3v) is 1.73. The second-order valence-corrected chi connectivity index (χ2v) is 3.08. The number of aromatic nitrogens is 2. The van der Waals surface area contributed by atoms with Gasteiger partial charge in [-0.2, -0.15) is 5.10 Å². The first-order valence-electron chi connectivity index (χ1n) is 3.13. The summed E-state index contributed by atoms with van der Waals surface area (Å²) in [5.74, 6) is 0. The summed E-state index contributed by atoms with van der Waals surface area (Å²) in [6, 6.07) is 1.94. The summed E-state index contributed by atoms with van der Waals surface area (Å²) < 4.78 is 2.83. The summed E-state index contributed by atoms with van der Waals surface area (Å²) in [5, 5.41) is 12.6. The van der Waals surface area contributed by atoms with Gasteiger partial charge in [-0.05, 0) is 35.1 Å². The van der Waals surface area contributed by atoms with Gasteiger partial charge in [-0.1, -0.05) is 0 Å². The van der Waals surface area contributed by atoms with Crippen LogP contribution in [0.1, 0.15) is 6.42 Å². The van der Waals surface area contributed by atoms with Crippen molar-refractivity contribution in [2.75, 3.05) is 6.61 Å². The van der Waals surface area contributed by atoms with Gasteiger partial charge >= 0.3 is 0 Å². The van der Waals surface area contributed by atoms with E-state index in [9.17, 15) is 0 Å². The fourth-order valence-corrected chi connectivity index (χ4v) is 1.13. The van der Waals surface area contributed by atoms with Crippen LogP contribution in [0, 0.1) is 3.70 Å². The van der Waals surface area contributed by atoms with E-state index in [0.29, 0.717) is 0 Å². The molecule has 0 fully saturated rings. The standard InChI is InChI=1S/C6H9IN2O/c7-6-2-4-9(8-6)3-1-5-10/h2,4,10H,1,3,5H2. The Labute approximate surface area is 73.2 Å². The van der Waals surface area contributed by atoms with Crippen LogP contribution in [0.25, 0.3) is 0 Å². The van der Waals surface area contributed by atoms with E-state index < -0.39 is 0 Å². The molecule has 0 amide bonds. The Morgan fingerprint density at radius 3 is 3.00 bits per heavy atom. The summed E-state index contributed by atoms with van der Waals surface area (Å²) in [7, 11) is 0. The minimum absolute atomic E-state index is 0.233. The lowest BCUT2D eigenvalue weighted by Crippen LogP contribution is -2.00. The van der Waals surface area contributed by atoms with Crippen LogP contribution in [0.2, 0.25) is 0 Å². The van der Waals surface area contributed by atoms with E-state index in [2.05, 4.69) is 27.7 Å². The smallest absolute Gasteiger partial charge is 0.123 e. The summed E-state index contributed by atoms with van der Waals surface area (Å²) in [6.45, 7) is 1.04. The predicted octanol–water partition coefficient (Wildman–Crippen LogP) is 0.870. The van der Waals surface area contributed by atoms with Crippen molar-refractivity contribution in [3.63, 3.8) is 0 Å². The molecule has 3 nitrogen and oxygen atoms in total. The molecule has 0 aromatic carbocycles. The molecule has 0 saturated heterocycles. The van der Waals surface area contributed by atoms with Crippen molar-refractivity contribution in [1.29, 1.82) is 0 Å². The van der Waals surface area contributed by atoms with Gasteiger partial charge in [0.15, 0.2) is 0 Å². The van der Waals surface area contributed by atoms with Crippen LogP contribution in [-0.4, -0.2) is 21.5 Å².